The summed E-state index contributed by atoms with van der Waals surface area (Å²) in [6.07, 6.45) is 5.59. The van der Waals surface area contributed by atoms with Gasteiger partial charge < -0.3 is 4.74 Å². The molecule has 4 heteroatoms. The fourth-order valence-electron chi connectivity index (χ4n) is 6.52. The highest BCUT2D eigenvalue weighted by molar-refractivity contribution is 5.22. The van der Waals surface area contributed by atoms with Crippen molar-refractivity contribution in [1.82, 2.24) is 0 Å². The van der Waals surface area contributed by atoms with Crippen LogP contribution in [-0.4, -0.2) is 22.2 Å². The zero-order valence-electron chi connectivity index (χ0n) is 12.0. The van der Waals surface area contributed by atoms with Crippen LogP contribution in [0.15, 0.2) is 0 Å². The molecule has 0 N–H and O–H groups in total. The number of rotatable bonds is 1. The smallest absolute Gasteiger partial charge is 0.247 e. The minimum Gasteiger partial charge on any atom is -0.361 e. The van der Waals surface area contributed by atoms with Gasteiger partial charge in [0.1, 0.15) is 5.60 Å². The van der Waals surface area contributed by atoms with E-state index in [4.69, 9.17) is 4.74 Å². The number of hydrogen-bond donors (Lipinski definition) is 0. The second-order valence-corrected chi connectivity index (χ2v) is 7.90. The summed E-state index contributed by atoms with van der Waals surface area (Å²) in [7, 11) is 0. The SMILES string of the molecule is C[C@@H]1CC[C@@H]2[C@]13CC[C@@]1(C)O[C@@]2(C)[C@@H]([N+](=O)[O-])[C@@H]1C3. The maximum absolute atomic E-state index is 11.6. The molecule has 0 unspecified atom stereocenters. The van der Waals surface area contributed by atoms with Crippen LogP contribution in [0, 0.1) is 33.3 Å². The lowest BCUT2D eigenvalue weighted by molar-refractivity contribution is -0.552. The van der Waals surface area contributed by atoms with Gasteiger partial charge in [0.2, 0.25) is 6.04 Å². The molecule has 4 fully saturated rings. The van der Waals surface area contributed by atoms with Gasteiger partial charge in [-0.15, -0.1) is 0 Å². The van der Waals surface area contributed by atoms with Crippen LogP contribution in [0.2, 0.25) is 0 Å². The Kier molecular flexibility index (Phi) is 2.02. The van der Waals surface area contributed by atoms with Crippen molar-refractivity contribution in [1.29, 1.82) is 0 Å². The van der Waals surface area contributed by atoms with Gasteiger partial charge in [-0.3, -0.25) is 10.1 Å². The van der Waals surface area contributed by atoms with Crippen molar-refractivity contribution in [3.63, 3.8) is 0 Å². The van der Waals surface area contributed by atoms with Gasteiger partial charge in [0, 0.05) is 10.8 Å². The molecule has 0 amide bonds. The molecule has 1 aliphatic heterocycles. The Labute approximate surface area is 114 Å². The van der Waals surface area contributed by atoms with Crippen LogP contribution in [-0.2, 0) is 4.74 Å². The van der Waals surface area contributed by atoms with E-state index in [9.17, 15) is 10.1 Å². The summed E-state index contributed by atoms with van der Waals surface area (Å²) in [6.45, 7) is 6.52. The van der Waals surface area contributed by atoms with Crippen molar-refractivity contribution in [2.24, 2.45) is 23.2 Å². The standard InChI is InChI=1S/C15H23NO3/c1-9-4-5-11-14(3)12(16(17)18)10-8-15(9,11)7-6-13(10,2)19-14/h9-12H,4-8H2,1-3H3/t9-,10+,11+,12+,13-,14-,15+/m1/s1. The van der Waals surface area contributed by atoms with Crippen LogP contribution in [0.1, 0.15) is 52.9 Å². The van der Waals surface area contributed by atoms with Gasteiger partial charge in [0.25, 0.3) is 0 Å². The summed E-state index contributed by atoms with van der Waals surface area (Å²) >= 11 is 0. The first-order chi connectivity index (χ1) is 8.83. The molecule has 106 valence electrons. The van der Waals surface area contributed by atoms with Gasteiger partial charge >= 0.3 is 0 Å². The highest BCUT2D eigenvalue weighted by atomic mass is 16.6. The largest absolute Gasteiger partial charge is 0.361 e. The lowest BCUT2D eigenvalue weighted by Crippen LogP contribution is -2.60. The Balaban J connectivity index is 1.90. The lowest BCUT2D eigenvalue weighted by Gasteiger charge is -2.52. The van der Waals surface area contributed by atoms with Crippen LogP contribution in [0.25, 0.3) is 0 Å². The van der Waals surface area contributed by atoms with Crippen molar-refractivity contribution in [3.05, 3.63) is 10.1 Å². The van der Waals surface area contributed by atoms with Gasteiger partial charge in [0.15, 0.2) is 0 Å². The fraction of sp³-hybridized carbons (Fsp3) is 1.00. The summed E-state index contributed by atoms with van der Waals surface area (Å²) in [5, 5.41) is 11.6. The Morgan fingerprint density at radius 1 is 1.26 bits per heavy atom. The van der Waals surface area contributed by atoms with E-state index < -0.39 is 11.6 Å². The first kappa shape index (κ1) is 12.1. The lowest BCUT2D eigenvalue weighted by atomic mass is 9.49. The Bertz CT molecular complexity index is 466. The summed E-state index contributed by atoms with van der Waals surface area (Å²) in [4.78, 5) is 11.6. The molecule has 4 nitrogen and oxygen atoms in total. The third kappa shape index (κ3) is 1.12. The predicted molar refractivity (Wildman–Crippen MR) is 70.3 cm³/mol. The van der Waals surface area contributed by atoms with Gasteiger partial charge in [0.05, 0.1) is 11.5 Å². The molecule has 1 saturated heterocycles. The second kappa shape index (κ2) is 3.16. The molecule has 3 bridgehead atoms. The van der Waals surface area contributed by atoms with E-state index in [1.807, 2.05) is 6.92 Å². The van der Waals surface area contributed by atoms with Crippen molar-refractivity contribution >= 4 is 0 Å². The Morgan fingerprint density at radius 2 is 2.00 bits per heavy atom. The topological polar surface area (TPSA) is 52.4 Å². The molecule has 4 rings (SSSR count). The van der Waals surface area contributed by atoms with Crippen LogP contribution in [0.5, 0.6) is 0 Å². The molecule has 4 aliphatic rings. The van der Waals surface area contributed by atoms with Crippen LogP contribution in [0.3, 0.4) is 0 Å². The average Bonchev–Trinajstić information content (AvgIpc) is 2.69. The van der Waals surface area contributed by atoms with E-state index in [0.717, 1.165) is 19.3 Å². The highest BCUT2D eigenvalue weighted by Crippen LogP contribution is 2.72. The molecule has 0 aromatic heterocycles. The number of nitro groups is 1. The summed E-state index contributed by atoms with van der Waals surface area (Å²) in [5.74, 6) is 1.22. The summed E-state index contributed by atoms with van der Waals surface area (Å²) in [6, 6.07) is -0.485. The van der Waals surface area contributed by atoms with Gasteiger partial charge in [-0.25, -0.2) is 0 Å². The third-order valence-corrected chi connectivity index (χ3v) is 7.38. The molecule has 1 spiro atoms. The van der Waals surface area contributed by atoms with Crippen molar-refractivity contribution in [3.8, 4) is 0 Å². The van der Waals surface area contributed by atoms with E-state index in [0.29, 0.717) is 17.3 Å². The molecule has 1 heterocycles. The molecule has 3 aliphatic carbocycles. The highest BCUT2D eigenvalue weighted by Gasteiger charge is 2.78. The maximum atomic E-state index is 11.6. The van der Waals surface area contributed by atoms with E-state index in [1.165, 1.54) is 12.8 Å². The molecule has 3 saturated carbocycles. The zero-order chi connectivity index (χ0) is 13.6. The van der Waals surface area contributed by atoms with Crippen LogP contribution in [0.4, 0.5) is 0 Å². The first-order valence-electron chi connectivity index (χ1n) is 7.67. The van der Waals surface area contributed by atoms with Crippen LogP contribution < -0.4 is 0 Å². The minimum absolute atomic E-state index is 0.0336. The average molecular weight is 265 g/mol. The quantitative estimate of drug-likeness (QED) is 0.541. The molecule has 7 atom stereocenters. The van der Waals surface area contributed by atoms with E-state index in [1.54, 1.807) is 0 Å². The number of nitrogens with zero attached hydrogens (tertiary/aromatic N) is 1. The summed E-state index contributed by atoms with van der Waals surface area (Å²) < 4.78 is 6.44. The molecule has 0 aromatic rings. The molecule has 0 radical (unpaired) electrons. The molecule has 19 heavy (non-hydrogen) atoms. The fourth-order valence-corrected chi connectivity index (χ4v) is 6.52. The molecular weight excluding hydrogens is 242 g/mol. The number of fused-ring (bicyclic) bond motifs is 2. The third-order valence-electron chi connectivity index (χ3n) is 7.38. The van der Waals surface area contributed by atoms with E-state index in [2.05, 4.69) is 13.8 Å². The predicted octanol–water partition coefficient (Wildman–Crippen LogP) is 3.03. The van der Waals surface area contributed by atoms with Crippen molar-refractivity contribution in [2.75, 3.05) is 0 Å². The number of ether oxygens (including phenoxy) is 1. The first-order valence-corrected chi connectivity index (χ1v) is 7.67. The monoisotopic (exact) mass is 265 g/mol. The zero-order valence-corrected chi connectivity index (χ0v) is 12.0. The second-order valence-electron chi connectivity index (χ2n) is 7.90. The number of hydrogen-bond acceptors (Lipinski definition) is 3. The minimum atomic E-state index is -0.525. The van der Waals surface area contributed by atoms with Crippen LogP contribution >= 0.6 is 0 Å². The van der Waals surface area contributed by atoms with Gasteiger partial charge in [-0.2, -0.15) is 0 Å². The van der Waals surface area contributed by atoms with Gasteiger partial charge in [-0.1, -0.05) is 6.92 Å². The molecular formula is C15H23NO3. The van der Waals surface area contributed by atoms with Gasteiger partial charge in [-0.05, 0) is 57.3 Å². The van der Waals surface area contributed by atoms with Crippen molar-refractivity contribution < 1.29 is 9.66 Å². The Hall–Kier alpha value is -0.640. The van der Waals surface area contributed by atoms with E-state index >= 15 is 0 Å². The normalized spacial score (nSPS) is 62.3. The Morgan fingerprint density at radius 3 is 2.68 bits per heavy atom. The van der Waals surface area contributed by atoms with E-state index in [-0.39, 0.29) is 16.4 Å². The maximum Gasteiger partial charge on any atom is 0.247 e. The summed E-state index contributed by atoms with van der Waals surface area (Å²) in [5.41, 5.74) is -0.438. The molecule has 0 aromatic carbocycles. The van der Waals surface area contributed by atoms with Crippen molar-refractivity contribution in [2.45, 2.75) is 70.1 Å².